The third kappa shape index (κ3) is 3.77. The van der Waals surface area contributed by atoms with Gasteiger partial charge in [-0.3, -0.25) is 0 Å². The van der Waals surface area contributed by atoms with Crippen LogP contribution in [0.25, 0.3) is 0 Å². The standard InChI is InChI=1S/C14H18FN3O/c1-9(2)6-13-17-14(19-18-13)8-16-11-5-4-10(3)12(15)7-11/h4-5,7,9,16H,6,8H2,1-3H3. The SMILES string of the molecule is Cc1ccc(NCc2nc(CC(C)C)no2)cc1F. The molecule has 0 radical (unpaired) electrons. The first kappa shape index (κ1) is 13.5. The summed E-state index contributed by atoms with van der Waals surface area (Å²) in [5.74, 6) is 1.49. The van der Waals surface area contributed by atoms with E-state index in [1.54, 1.807) is 13.0 Å². The Hall–Kier alpha value is -1.91. The van der Waals surface area contributed by atoms with Gasteiger partial charge in [0.05, 0.1) is 6.54 Å². The van der Waals surface area contributed by atoms with Crippen LogP contribution in [0.2, 0.25) is 0 Å². The number of nitrogens with zero attached hydrogens (tertiary/aromatic N) is 2. The van der Waals surface area contributed by atoms with Crippen LogP contribution in [0.3, 0.4) is 0 Å². The zero-order valence-electron chi connectivity index (χ0n) is 11.4. The van der Waals surface area contributed by atoms with Crippen LogP contribution >= 0.6 is 0 Å². The number of hydrogen-bond acceptors (Lipinski definition) is 4. The lowest BCUT2D eigenvalue weighted by Gasteiger charge is -2.04. The number of benzene rings is 1. The van der Waals surface area contributed by atoms with Gasteiger partial charge in [0.25, 0.3) is 0 Å². The van der Waals surface area contributed by atoms with Gasteiger partial charge in [-0.2, -0.15) is 4.98 Å². The molecule has 4 nitrogen and oxygen atoms in total. The first-order chi connectivity index (χ1) is 9.04. The van der Waals surface area contributed by atoms with E-state index >= 15 is 0 Å². The van der Waals surface area contributed by atoms with E-state index in [1.807, 2.05) is 6.07 Å². The van der Waals surface area contributed by atoms with Gasteiger partial charge in [0.15, 0.2) is 5.82 Å². The summed E-state index contributed by atoms with van der Waals surface area (Å²) in [5.41, 5.74) is 1.33. The van der Waals surface area contributed by atoms with Gasteiger partial charge in [0.1, 0.15) is 5.82 Å². The molecule has 19 heavy (non-hydrogen) atoms. The maximum atomic E-state index is 13.4. The highest BCUT2D eigenvalue weighted by atomic mass is 19.1. The van der Waals surface area contributed by atoms with Crippen LogP contribution in [0.5, 0.6) is 0 Å². The van der Waals surface area contributed by atoms with Gasteiger partial charge in [-0.05, 0) is 30.5 Å². The molecule has 0 unspecified atom stereocenters. The second-order valence-corrected chi connectivity index (χ2v) is 5.02. The van der Waals surface area contributed by atoms with Crippen molar-refractivity contribution in [2.75, 3.05) is 5.32 Å². The highest BCUT2D eigenvalue weighted by molar-refractivity contribution is 5.45. The average Bonchev–Trinajstić information content (AvgIpc) is 2.77. The number of aryl methyl sites for hydroxylation is 1. The molecule has 2 aromatic rings. The molecule has 0 atom stereocenters. The molecule has 0 aliphatic carbocycles. The van der Waals surface area contributed by atoms with E-state index in [0.29, 0.717) is 35.4 Å². The van der Waals surface area contributed by atoms with Gasteiger partial charge in [-0.25, -0.2) is 4.39 Å². The molecule has 0 spiro atoms. The van der Waals surface area contributed by atoms with Crippen molar-refractivity contribution in [1.82, 2.24) is 10.1 Å². The van der Waals surface area contributed by atoms with Crippen LogP contribution in [0.4, 0.5) is 10.1 Å². The first-order valence-corrected chi connectivity index (χ1v) is 6.36. The van der Waals surface area contributed by atoms with Crippen LogP contribution in [0.1, 0.15) is 31.1 Å². The van der Waals surface area contributed by atoms with E-state index in [4.69, 9.17) is 4.52 Å². The van der Waals surface area contributed by atoms with Crippen molar-refractivity contribution >= 4 is 5.69 Å². The van der Waals surface area contributed by atoms with E-state index < -0.39 is 0 Å². The molecule has 5 heteroatoms. The molecule has 0 amide bonds. The largest absolute Gasteiger partial charge is 0.376 e. The molecule has 102 valence electrons. The van der Waals surface area contributed by atoms with Gasteiger partial charge in [-0.15, -0.1) is 0 Å². The minimum atomic E-state index is -0.226. The topological polar surface area (TPSA) is 51.0 Å². The lowest BCUT2D eigenvalue weighted by Crippen LogP contribution is -2.01. The number of hydrogen-bond donors (Lipinski definition) is 1. The lowest BCUT2D eigenvalue weighted by molar-refractivity contribution is 0.375. The maximum Gasteiger partial charge on any atom is 0.245 e. The Morgan fingerprint density at radius 3 is 2.84 bits per heavy atom. The molecule has 1 heterocycles. The Morgan fingerprint density at radius 2 is 2.16 bits per heavy atom. The van der Waals surface area contributed by atoms with Gasteiger partial charge in [-0.1, -0.05) is 25.1 Å². The summed E-state index contributed by atoms with van der Waals surface area (Å²) in [6, 6.07) is 5.01. The minimum Gasteiger partial charge on any atom is -0.376 e. The Balaban J connectivity index is 1.94. The number of halogens is 1. The molecule has 0 aliphatic heterocycles. The lowest BCUT2D eigenvalue weighted by atomic mass is 10.1. The van der Waals surface area contributed by atoms with Gasteiger partial charge >= 0.3 is 0 Å². The van der Waals surface area contributed by atoms with E-state index in [2.05, 4.69) is 29.3 Å². The van der Waals surface area contributed by atoms with Crippen LogP contribution < -0.4 is 5.32 Å². The fraction of sp³-hybridized carbons (Fsp3) is 0.429. The van der Waals surface area contributed by atoms with Crippen molar-refractivity contribution in [2.24, 2.45) is 5.92 Å². The van der Waals surface area contributed by atoms with Crippen molar-refractivity contribution < 1.29 is 8.91 Å². The summed E-state index contributed by atoms with van der Waals surface area (Å²) in [6.07, 6.45) is 0.794. The first-order valence-electron chi connectivity index (χ1n) is 6.36. The quantitative estimate of drug-likeness (QED) is 0.899. The highest BCUT2D eigenvalue weighted by Crippen LogP contribution is 2.14. The second kappa shape index (κ2) is 5.82. The minimum absolute atomic E-state index is 0.226. The summed E-state index contributed by atoms with van der Waals surface area (Å²) >= 11 is 0. The highest BCUT2D eigenvalue weighted by Gasteiger charge is 2.08. The summed E-state index contributed by atoms with van der Waals surface area (Å²) < 4.78 is 18.5. The maximum absolute atomic E-state index is 13.4. The van der Waals surface area contributed by atoms with Crippen molar-refractivity contribution in [1.29, 1.82) is 0 Å². The molecule has 0 aliphatic rings. The van der Waals surface area contributed by atoms with Crippen LogP contribution in [-0.4, -0.2) is 10.1 Å². The number of anilines is 1. The molecular formula is C14H18FN3O. The number of aromatic nitrogens is 2. The van der Waals surface area contributed by atoms with E-state index in [0.717, 1.165) is 6.42 Å². The van der Waals surface area contributed by atoms with Crippen molar-refractivity contribution in [3.63, 3.8) is 0 Å². The second-order valence-electron chi connectivity index (χ2n) is 5.02. The Bertz CT molecular complexity index is 551. The smallest absolute Gasteiger partial charge is 0.245 e. The van der Waals surface area contributed by atoms with Crippen LogP contribution in [0, 0.1) is 18.7 Å². The monoisotopic (exact) mass is 263 g/mol. The molecule has 2 rings (SSSR count). The summed E-state index contributed by atoms with van der Waals surface area (Å²) in [7, 11) is 0. The third-order valence-corrected chi connectivity index (χ3v) is 2.72. The van der Waals surface area contributed by atoms with Crippen LogP contribution in [0.15, 0.2) is 22.7 Å². The van der Waals surface area contributed by atoms with Crippen LogP contribution in [-0.2, 0) is 13.0 Å². The summed E-state index contributed by atoms with van der Waals surface area (Å²) in [6.45, 7) is 6.33. The average molecular weight is 263 g/mol. The molecule has 1 aromatic heterocycles. The molecule has 0 fully saturated rings. The number of rotatable bonds is 5. The zero-order valence-corrected chi connectivity index (χ0v) is 11.4. The van der Waals surface area contributed by atoms with Gasteiger partial charge in [0.2, 0.25) is 5.89 Å². The Morgan fingerprint density at radius 1 is 1.37 bits per heavy atom. The summed E-state index contributed by atoms with van der Waals surface area (Å²) in [5, 5.41) is 6.96. The molecule has 1 N–H and O–H groups in total. The fourth-order valence-corrected chi connectivity index (χ4v) is 1.69. The molecule has 1 aromatic carbocycles. The van der Waals surface area contributed by atoms with Crippen molar-refractivity contribution in [2.45, 2.75) is 33.7 Å². The molecule has 0 saturated carbocycles. The van der Waals surface area contributed by atoms with Gasteiger partial charge < -0.3 is 9.84 Å². The Kier molecular flexibility index (Phi) is 4.14. The zero-order chi connectivity index (χ0) is 13.8. The molecular weight excluding hydrogens is 245 g/mol. The molecule has 0 saturated heterocycles. The van der Waals surface area contributed by atoms with E-state index in [9.17, 15) is 4.39 Å². The van der Waals surface area contributed by atoms with Gasteiger partial charge in [0, 0.05) is 12.1 Å². The normalized spacial score (nSPS) is 11.0. The van der Waals surface area contributed by atoms with E-state index in [1.165, 1.54) is 6.07 Å². The molecule has 0 bridgehead atoms. The predicted molar refractivity (Wildman–Crippen MR) is 71.3 cm³/mol. The summed E-state index contributed by atoms with van der Waals surface area (Å²) in [4.78, 5) is 4.27. The fourth-order valence-electron chi connectivity index (χ4n) is 1.69. The predicted octanol–water partition coefficient (Wildman–Crippen LogP) is 3.33. The Labute approximate surface area is 112 Å². The third-order valence-electron chi connectivity index (χ3n) is 2.72. The van der Waals surface area contributed by atoms with E-state index in [-0.39, 0.29) is 5.82 Å². The van der Waals surface area contributed by atoms with Crippen molar-refractivity contribution in [3.8, 4) is 0 Å². The van der Waals surface area contributed by atoms with Crippen molar-refractivity contribution in [3.05, 3.63) is 41.3 Å². The number of nitrogens with one attached hydrogen (secondary N) is 1.